The van der Waals surface area contributed by atoms with Crippen molar-refractivity contribution in [2.75, 3.05) is 10.6 Å². The number of benzene rings is 1. The number of carbonyl (C=O) groups excluding carboxylic acids is 1. The molecule has 25 heavy (non-hydrogen) atoms. The Bertz CT molecular complexity index is 854. The van der Waals surface area contributed by atoms with E-state index in [2.05, 4.69) is 39.8 Å². The van der Waals surface area contributed by atoms with Crippen molar-refractivity contribution in [2.45, 2.75) is 26.7 Å². The van der Waals surface area contributed by atoms with Gasteiger partial charge >= 0.3 is 0 Å². The van der Waals surface area contributed by atoms with E-state index in [1.165, 1.54) is 5.56 Å². The highest BCUT2D eigenvalue weighted by atomic mass is 16.5. The van der Waals surface area contributed by atoms with Crippen LogP contribution in [0, 0.1) is 6.92 Å². The van der Waals surface area contributed by atoms with Gasteiger partial charge in [0, 0.05) is 11.8 Å². The molecule has 2 heterocycles. The van der Waals surface area contributed by atoms with Gasteiger partial charge in [-0.3, -0.25) is 4.79 Å². The fourth-order valence-electron chi connectivity index (χ4n) is 2.22. The number of nitrogens with zero attached hydrogens (tertiary/aromatic N) is 3. The van der Waals surface area contributed by atoms with E-state index < -0.39 is 0 Å². The first-order valence-corrected chi connectivity index (χ1v) is 7.96. The van der Waals surface area contributed by atoms with Crippen LogP contribution in [-0.2, 0) is 0 Å². The van der Waals surface area contributed by atoms with Gasteiger partial charge in [-0.2, -0.15) is 0 Å². The summed E-state index contributed by atoms with van der Waals surface area (Å²) < 4.78 is 4.96. The minimum atomic E-state index is -0.311. The van der Waals surface area contributed by atoms with E-state index in [9.17, 15) is 4.79 Å². The van der Waals surface area contributed by atoms with Crippen LogP contribution < -0.4 is 10.6 Å². The summed E-state index contributed by atoms with van der Waals surface area (Å²) in [5.74, 6) is 1.84. The van der Waals surface area contributed by atoms with Crippen molar-refractivity contribution in [3.8, 4) is 0 Å². The van der Waals surface area contributed by atoms with Crippen LogP contribution in [0.1, 0.15) is 41.6 Å². The fraction of sp³-hybridized carbons (Fsp3) is 0.222. The number of rotatable bonds is 5. The summed E-state index contributed by atoms with van der Waals surface area (Å²) in [6.45, 7) is 6.04. The number of nitrogens with one attached hydrogen (secondary N) is 2. The molecule has 0 bridgehead atoms. The average molecular weight is 337 g/mol. The summed E-state index contributed by atoms with van der Waals surface area (Å²) in [6, 6.07) is 12.8. The van der Waals surface area contributed by atoms with Gasteiger partial charge in [0.25, 0.3) is 5.91 Å². The number of aromatic nitrogens is 3. The molecule has 7 nitrogen and oxygen atoms in total. The number of hydrogen-bond acceptors (Lipinski definition) is 6. The number of carbonyl (C=O) groups is 1. The molecule has 2 aromatic heterocycles. The predicted octanol–water partition coefficient (Wildman–Crippen LogP) is 3.89. The quantitative estimate of drug-likeness (QED) is 0.733. The molecule has 3 rings (SSSR count). The summed E-state index contributed by atoms with van der Waals surface area (Å²) in [7, 11) is 0. The maximum absolute atomic E-state index is 12.2. The van der Waals surface area contributed by atoms with Crippen LogP contribution in [0.5, 0.6) is 0 Å². The lowest BCUT2D eigenvalue weighted by atomic mass is 10.0. The Morgan fingerprint density at radius 1 is 1.04 bits per heavy atom. The van der Waals surface area contributed by atoms with Crippen molar-refractivity contribution < 1.29 is 9.32 Å². The smallest absolute Gasteiger partial charge is 0.276 e. The lowest BCUT2D eigenvalue weighted by Crippen LogP contribution is -2.14. The van der Waals surface area contributed by atoms with Gasteiger partial charge in [0.1, 0.15) is 5.76 Å². The molecule has 7 heteroatoms. The first-order chi connectivity index (χ1) is 12.0. The summed E-state index contributed by atoms with van der Waals surface area (Å²) in [5, 5.41) is 17.5. The topological polar surface area (TPSA) is 92.9 Å². The Morgan fingerprint density at radius 2 is 1.80 bits per heavy atom. The van der Waals surface area contributed by atoms with Gasteiger partial charge in [-0.25, -0.2) is 0 Å². The third-order valence-corrected chi connectivity index (χ3v) is 3.62. The van der Waals surface area contributed by atoms with Crippen LogP contribution in [0.25, 0.3) is 0 Å². The van der Waals surface area contributed by atoms with Crippen molar-refractivity contribution in [3.63, 3.8) is 0 Å². The zero-order valence-corrected chi connectivity index (χ0v) is 14.3. The Kier molecular flexibility index (Phi) is 4.74. The standard InChI is InChI=1S/C18H19N5O2/c1-11(2)13-4-6-14(7-5-13)19-18(24)15-8-9-16(22-21-15)20-17-10-12(3)25-23-17/h4-11H,1-3H3,(H,19,24)(H,20,22,23). The SMILES string of the molecule is Cc1cc(Nc2ccc(C(=O)Nc3ccc(C(C)C)cc3)nn2)no1. The normalized spacial score (nSPS) is 10.7. The van der Waals surface area contributed by atoms with Crippen molar-refractivity contribution in [1.82, 2.24) is 15.4 Å². The Hall–Kier alpha value is -3.22. The molecule has 0 fully saturated rings. The molecular weight excluding hydrogens is 318 g/mol. The molecule has 3 aromatic rings. The van der Waals surface area contributed by atoms with Crippen molar-refractivity contribution >= 4 is 23.2 Å². The monoisotopic (exact) mass is 337 g/mol. The molecule has 1 aromatic carbocycles. The minimum absolute atomic E-state index is 0.231. The molecule has 0 aliphatic rings. The van der Waals surface area contributed by atoms with Gasteiger partial charge in [0.05, 0.1) is 0 Å². The van der Waals surface area contributed by atoms with Gasteiger partial charge in [-0.15, -0.1) is 10.2 Å². The second-order valence-corrected chi connectivity index (χ2v) is 5.98. The third kappa shape index (κ3) is 4.20. The zero-order valence-electron chi connectivity index (χ0n) is 14.3. The summed E-state index contributed by atoms with van der Waals surface area (Å²) in [6.07, 6.45) is 0. The molecule has 0 radical (unpaired) electrons. The van der Waals surface area contributed by atoms with Crippen LogP contribution >= 0.6 is 0 Å². The summed E-state index contributed by atoms with van der Waals surface area (Å²) in [5.41, 5.74) is 2.17. The zero-order chi connectivity index (χ0) is 17.8. The molecule has 0 saturated carbocycles. The van der Waals surface area contributed by atoms with Crippen LogP contribution in [-0.4, -0.2) is 21.3 Å². The van der Waals surface area contributed by atoms with E-state index >= 15 is 0 Å². The predicted molar refractivity (Wildman–Crippen MR) is 95.0 cm³/mol. The molecular formula is C18H19N5O2. The number of aryl methyl sites for hydroxylation is 1. The van der Waals surface area contributed by atoms with Crippen LogP contribution in [0.4, 0.5) is 17.3 Å². The van der Waals surface area contributed by atoms with Gasteiger partial charge in [0.15, 0.2) is 17.3 Å². The first-order valence-electron chi connectivity index (χ1n) is 7.96. The van der Waals surface area contributed by atoms with Crippen molar-refractivity contribution in [1.29, 1.82) is 0 Å². The van der Waals surface area contributed by atoms with Gasteiger partial charge in [0.2, 0.25) is 0 Å². The lowest BCUT2D eigenvalue weighted by Gasteiger charge is -2.08. The first kappa shape index (κ1) is 16.6. The van der Waals surface area contributed by atoms with E-state index in [-0.39, 0.29) is 11.6 Å². The third-order valence-electron chi connectivity index (χ3n) is 3.62. The van der Waals surface area contributed by atoms with E-state index in [1.54, 1.807) is 25.1 Å². The average Bonchev–Trinajstić information content (AvgIpc) is 3.01. The second-order valence-electron chi connectivity index (χ2n) is 5.98. The second kappa shape index (κ2) is 7.12. The molecule has 2 N–H and O–H groups in total. The van der Waals surface area contributed by atoms with Crippen LogP contribution in [0.3, 0.4) is 0 Å². The molecule has 0 unspecified atom stereocenters. The van der Waals surface area contributed by atoms with E-state index in [0.29, 0.717) is 23.3 Å². The fourth-order valence-corrected chi connectivity index (χ4v) is 2.22. The van der Waals surface area contributed by atoms with E-state index in [0.717, 1.165) is 5.69 Å². The highest BCUT2D eigenvalue weighted by Gasteiger charge is 2.10. The molecule has 128 valence electrons. The molecule has 0 atom stereocenters. The van der Waals surface area contributed by atoms with Crippen molar-refractivity contribution in [3.05, 3.63) is 59.5 Å². The summed E-state index contributed by atoms with van der Waals surface area (Å²) in [4.78, 5) is 12.2. The van der Waals surface area contributed by atoms with Crippen molar-refractivity contribution in [2.24, 2.45) is 0 Å². The lowest BCUT2D eigenvalue weighted by molar-refractivity contribution is 0.102. The van der Waals surface area contributed by atoms with Gasteiger partial charge < -0.3 is 15.2 Å². The van der Waals surface area contributed by atoms with Gasteiger partial charge in [-0.05, 0) is 42.7 Å². The van der Waals surface area contributed by atoms with Gasteiger partial charge in [-0.1, -0.05) is 31.1 Å². The number of hydrogen-bond donors (Lipinski definition) is 2. The minimum Gasteiger partial charge on any atom is -0.360 e. The van der Waals surface area contributed by atoms with Crippen LogP contribution in [0.15, 0.2) is 47.0 Å². The number of anilines is 3. The largest absolute Gasteiger partial charge is 0.360 e. The molecule has 1 amide bonds. The highest BCUT2D eigenvalue weighted by Crippen LogP contribution is 2.18. The maximum Gasteiger partial charge on any atom is 0.276 e. The Balaban J connectivity index is 1.64. The van der Waals surface area contributed by atoms with E-state index in [1.807, 2.05) is 24.3 Å². The Morgan fingerprint density at radius 3 is 2.36 bits per heavy atom. The maximum atomic E-state index is 12.2. The molecule has 0 aliphatic heterocycles. The summed E-state index contributed by atoms with van der Waals surface area (Å²) >= 11 is 0. The van der Waals surface area contributed by atoms with Crippen LogP contribution in [0.2, 0.25) is 0 Å². The molecule has 0 aliphatic carbocycles. The highest BCUT2D eigenvalue weighted by molar-refractivity contribution is 6.02. The van der Waals surface area contributed by atoms with E-state index in [4.69, 9.17) is 4.52 Å². The molecule has 0 saturated heterocycles. The Labute approximate surface area is 145 Å². The number of amides is 1. The molecule has 0 spiro atoms.